The van der Waals surface area contributed by atoms with Crippen molar-refractivity contribution in [1.82, 2.24) is 5.32 Å². The number of hydrogen-bond donors (Lipinski definition) is 1. The number of benzene rings is 1. The minimum atomic E-state index is -1.01. The first-order valence-corrected chi connectivity index (χ1v) is 6.17. The van der Waals surface area contributed by atoms with Crippen molar-refractivity contribution in [3.8, 4) is 0 Å². The summed E-state index contributed by atoms with van der Waals surface area (Å²) in [4.78, 5) is 0. The van der Waals surface area contributed by atoms with Crippen LogP contribution in [-0.2, 0) is 12.1 Å². The van der Waals surface area contributed by atoms with Gasteiger partial charge in [0, 0.05) is 0 Å². The van der Waals surface area contributed by atoms with E-state index in [9.17, 15) is 4.39 Å². The van der Waals surface area contributed by atoms with Crippen LogP contribution in [0.4, 0.5) is 4.39 Å². The van der Waals surface area contributed by atoms with Gasteiger partial charge in [-0.2, -0.15) is 0 Å². The number of nitrogens with one attached hydrogen (secondary N) is 1. The first-order chi connectivity index (χ1) is 7.74. The van der Waals surface area contributed by atoms with Crippen LogP contribution in [0, 0.1) is 0 Å². The lowest BCUT2D eigenvalue weighted by Crippen LogP contribution is -2.28. The molecular formula is C14H20FN. The second-order valence-electron chi connectivity index (χ2n) is 4.72. The Morgan fingerprint density at radius 2 is 1.94 bits per heavy atom. The summed E-state index contributed by atoms with van der Waals surface area (Å²) in [6, 6.07) is 8.08. The number of hydrogen-bond acceptors (Lipinski definition) is 1. The first kappa shape index (κ1) is 11.6. The summed E-state index contributed by atoms with van der Waals surface area (Å²) >= 11 is 0. The second kappa shape index (κ2) is 4.96. The minimum Gasteiger partial charge on any atom is -0.320 e. The molecule has 0 unspecified atom stereocenters. The zero-order valence-corrected chi connectivity index (χ0v) is 9.93. The highest BCUT2D eigenvalue weighted by molar-refractivity contribution is 5.29. The fourth-order valence-corrected chi connectivity index (χ4v) is 2.22. The molecule has 0 aliphatic heterocycles. The van der Waals surface area contributed by atoms with Crippen LogP contribution in [0.25, 0.3) is 0 Å². The minimum absolute atomic E-state index is 0.700. The third-order valence-corrected chi connectivity index (χ3v) is 3.51. The number of alkyl halides is 1. The van der Waals surface area contributed by atoms with E-state index in [2.05, 4.69) is 17.4 Å². The van der Waals surface area contributed by atoms with Crippen molar-refractivity contribution in [1.29, 1.82) is 0 Å². The summed E-state index contributed by atoms with van der Waals surface area (Å²) in [5, 5.41) is 3.13. The van der Waals surface area contributed by atoms with E-state index in [-0.39, 0.29) is 0 Å². The largest absolute Gasteiger partial charge is 0.320 e. The Labute approximate surface area is 97.1 Å². The van der Waals surface area contributed by atoms with Crippen LogP contribution >= 0.6 is 0 Å². The molecular weight excluding hydrogens is 201 g/mol. The van der Waals surface area contributed by atoms with E-state index < -0.39 is 5.67 Å². The van der Waals surface area contributed by atoms with Gasteiger partial charge in [-0.25, -0.2) is 4.39 Å². The first-order valence-electron chi connectivity index (χ1n) is 6.17. The van der Waals surface area contributed by atoms with Crippen LogP contribution in [0.5, 0.6) is 0 Å². The van der Waals surface area contributed by atoms with E-state index in [0.717, 1.165) is 31.4 Å². The van der Waals surface area contributed by atoms with Crippen LogP contribution < -0.4 is 5.32 Å². The number of aryl methyl sites for hydroxylation is 1. The lowest BCUT2D eigenvalue weighted by atomic mass is 9.76. The highest BCUT2D eigenvalue weighted by Gasteiger charge is 2.38. The molecule has 2 heteroatoms. The maximum Gasteiger partial charge on any atom is 0.136 e. The molecule has 0 bridgehead atoms. The van der Waals surface area contributed by atoms with Crippen molar-refractivity contribution in [3.05, 3.63) is 35.4 Å². The lowest BCUT2D eigenvalue weighted by Gasteiger charge is -2.34. The quantitative estimate of drug-likeness (QED) is 0.753. The fraction of sp³-hybridized carbons (Fsp3) is 0.571. The molecule has 0 heterocycles. The summed E-state index contributed by atoms with van der Waals surface area (Å²) < 4.78 is 14.1. The molecule has 88 valence electrons. The van der Waals surface area contributed by atoms with Crippen molar-refractivity contribution < 1.29 is 4.39 Å². The Hall–Kier alpha value is -0.890. The fourth-order valence-electron chi connectivity index (χ4n) is 2.22. The molecule has 0 amide bonds. The Bertz CT molecular complexity index is 327. The van der Waals surface area contributed by atoms with E-state index >= 15 is 0 Å². The zero-order chi connectivity index (χ0) is 11.4. The van der Waals surface area contributed by atoms with Crippen molar-refractivity contribution in [2.45, 2.75) is 37.8 Å². The molecule has 1 nitrogen and oxygen atoms in total. The Morgan fingerprint density at radius 3 is 2.44 bits per heavy atom. The average Bonchev–Trinajstić information content (AvgIpc) is 2.27. The topological polar surface area (TPSA) is 12.0 Å². The van der Waals surface area contributed by atoms with Gasteiger partial charge in [-0.05, 0) is 56.8 Å². The predicted molar refractivity (Wildman–Crippen MR) is 65.3 cm³/mol. The zero-order valence-electron chi connectivity index (χ0n) is 9.93. The molecule has 1 aromatic carbocycles. The maximum atomic E-state index is 14.1. The summed E-state index contributed by atoms with van der Waals surface area (Å²) in [7, 11) is 1.96. The summed E-state index contributed by atoms with van der Waals surface area (Å²) in [6.45, 7) is 1.04. The highest BCUT2D eigenvalue weighted by Crippen LogP contribution is 2.44. The predicted octanol–water partition coefficient (Wildman–Crippen LogP) is 3.19. The van der Waals surface area contributed by atoms with Gasteiger partial charge < -0.3 is 5.32 Å². The van der Waals surface area contributed by atoms with Crippen LogP contribution in [0.15, 0.2) is 24.3 Å². The molecule has 0 spiro atoms. The second-order valence-corrected chi connectivity index (χ2v) is 4.72. The lowest BCUT2D eigenvalue weighted by molar-refractivity contribution is 0.0609. The summed E-state index contributed by atoms with van der Waals surface area (Å²) in [5.41, 5.74) is 1.17. The molecule has 2 rings (SSSR count). The Kier molecular flexibility index (Phi) is 3.59. The van der Waals surface area contributed by atoms with E-state index in [4.69, 9.17) is 0 Å². The molecule has 1 N–H and O–H groups in total. The van der Waals surface area contributed by atoms with Gasteiger partial charge in [0.2, 0.25) is 0 Å². The number of rotatable bonds is 5. The molecule has 1 aliphatic carbocycles. The Balaban J connectivity index is 1.94. The van der Waals surface area contributed by atoms with Crippen LogP contribution in [0.1, 0.15) is 36.8 Å². The van der Waals surface area contributed by atoms with E-state index in [1.165, 1.54) is 5.56 Å². The molecule has 16 heavy (non-hydrogen) atoms. The van der Waals surface area contributed by atoms with Gasteiger partial charge in [-0.1, -0.05) is 24.3 Å². The Morgan fingerprint density at radius 1 is 1.25 bits per heavy atom. The maximum absolute atomic E-state index is 14.1. The van der Waals surface area contributed by atoms with Crippen LogP contribution in [-0.4, -0.2) is 13.6 Å². The molecule has 0 saturated heterocycles. The van der Waals surface area contributed by atoms with Crippen molar-refractivity contribution in [3.63, 3.8) is 0 Å². The average molecular weight is 221 g/mol. The van der Waals surface area contributed by atoms with Crippen molar-refractivity contribution >= 4 is 0 Å². The molecule has 1 saturated carbocycles. The molecule has 0 atom stereocenters. The van der Waals surface area contributed by atoms with Gasteiger partial charge in [0.15, 0.2) is 0 Å². The third kappa shape index (κ3) is 2.43. The molecule has 1 aromatic rings. The molecule has 0 aromatic heterocycles. The standard InChI is InChI=1S/C14H20FN/c1-16-11-2-4-12-5-7-13(8-6-12)14(15)9-3-10-14/h5-8,16H,2-4,9-11H2,1H3. The van der Waals surface area contributed by atoms with Crippen molar-refractivity contribution in [2.24, 2.45) is 0 Å². The molecule has 1 fully saturated rings. The molecule has 0 radical (unpaired) electrons. The SMILES string of the molecule is CNCCCc1ccc(C2(F)CCC2)cc1. The van der Waals surface area contributed by atoms with Gasteiger partial charge >= 0.3 is 0 Å². The van der Waals surface area contributed by atoms with E-state index in [1.807, 2.05) is 19.2 Å². The van der Waals surface area contributed by atoms with Crippen molar-refractivity contribution in [2.75, 3.05) is 13.6 Å². The van der Waals surface area contributed by atoms with Gasteiger partial charge in [0.05, 0.1) is 0 Å². The molecule has 1 aliphatic rings. The smallest absolute Gasteiger partial charge is 0.136 e. The summed E-state index contributed by atoms with van der Waals surface area (Å²) in [6.07, 6.45) is 4.63. The third-order valence-electron chi connectivity index (χ3n) is 3.51. The van der Waals surface area contributed by atoms with Gasteiger partial charge in [0.1, 0.15) is 5.67 Å². The highest BCUT2D eigenvalue weighted by atomic mass is 19.1. The van der Waals surface area contributed by atoms with Gasteiger partial charge in [-0.3, -0.25) is 0 Å². The van der Waals surface area contributed by atoms with E-state index in [0.29, 0.717) is 12.8 Å². The van der Waals surface area contributed by atoms with Gasteiger partial charge in [-0.15, -0.1) is 0 Å². The normalized spacial score (nSPS) is 18.1. The van der Waals surface area contributed by atoms with Gasteiger partial charge in [0.25, 0.3) is 0 Å². The monoisotopic (exact) mass is 221 g/mol. The van der Waals surface area contributed by atoms with Crippen LogP contribution in [0.3, 0.4) is 0 Å². The number of halogens is 1. The van der Waals surface area contributed by atoms with E-state index in [1.54, 1.807) is 0 Å². The van der Waals surface area contributed by atoms with Crippen LogP contribution in [0.2, 0.25) is 0 Å². The summed E-state index contributed by atoms with van der Waals surface area (Å²) in [5.74, 6) is 0.